The fourth-order valence-corrected chi connectivity index (χ4v) is 3.39. The number of anilines is 1. The number of benzene rings is 2. The third kappa shape index (κ3) is 4.52. The van der Waals surface area contributed by atoms with Crippen LogP contribution in [-0.2, 0) is 10.5 Å². The first-order valence-electron chi connectivity index (χ1n) is 6.90. The molecule has 0 saturated carbocycles. The Morgan fingerprint density at radius 1 is 1.23 bits per heavy atom. The first-order chi connectivity index (χ1) is 10.6. The van der Waals surface area contributed by atoms with E-state index in [0.29, 0.717) is 11.4 Å². The SMILES string of the molecule is COc1ccccc1NC(=O)C(C)SCc1ccccc1Br. The van der Waals surface area contributed by atoms with Crippen LogP contribution < -0.4 is 10.1 Å². The van der Waals surface area contributed by atoms with E-state index >= 15 is 0 Å². The highest BCUT2D eigenvalue weighted by Crippen LogP contribution is 2.27. The smallest absolute Gasteiger partial charge is 0.237 e. The van der Waals surface area contributed by atoms with E-state index in [9.17, 15) is 4.79 Å². The molecule has 1 atom stereocenters. The molecule has 2 aromatic carbocycles. The highest BCUT2D eigenvalue weighted by molar-refractivity contribution is 9.10. The third-order valence-electron chi connectivity index (χ3n) is 3.18. The quantitative estimate of drug-likeness (QED) is 0.788. The number of hydrogen-bond donors (Lipinski definition) is 1. The van der Waals surface area contributed by atoms with Crippen molar-refractivity contribution in [2.45, 2.75) is 17.9 Å². The van der Waals surface area contributed by atoms with Gasteiger partial charge in [0.25, 0.3) is 0 Å². The molecule has 1 N–H and O–H groups in total. The summed E-state index contributed by atoms with van der Waals surface area (Å²) in [6.07, 6.45) is 0. The Kier molecular flexibility index (Phi) is 6.34. The van der Waals surface area contributed by atoms with Crippen molar-refractivity contribution in [2.75, 3.05) is 12.4 Å². The fourth-order valence-electron chi connectivity index (χ4n) is 1.89. The lowest BCUT2D eigenvalue weighted by atomic mass is 10.2. The van der Waals surface area contributed by atoms with Gasteiger partial charge in [-0.15, -0.1) is 11.8 Å². The van der Waals surface area contributed by atoms with Crippen molar-refractivity contribution in [3.63, 3.8) is 0 Å². The van der Waals surface area contributed by atoms with Gasteiger partial charge in [-0.25, -0.2) is 0 Å². The van der Waals surface area contributed by atoms with Crippen LogP contribution in [0.3, 0.4) is 0 Å². The van der Waals surface area contributed by atoms with Gasteiger partial charge in [0.05, 0.1) is 18.0 Å². The number of amides is 1. The average Bonchev–Trinajstić information content (AvgIpc) is 2.54. The van der Waals surface area contributed by atoms with Crippen LogP contribution in [0, 0.1) is 0 Å². The van der Waals surface area contributed by atoms with Crippen molar-refractivity contribution >= 4 is 39.3 Å². The number of carbonyl (C=O) groups is 1. The largest absolute Gasteiger partial charge is 0.495 e. The van der Waals surface area contributed by atoms with Crippen molar-refractivity contribution in [1.29, 1.82) is 0 Å². The first-order valence-corrected chi connectivity index (χ1v) is 8.75. The second-order valence-corrected chi connectivity index (χ2v) is 6.92. The first kappa shape index (κ1) is 16.9. The van der Waals surface area contributed by atoms with Crippen LogP contribution in [0.15, 0.2) is 53.0 Å². The molecule has 0 aliphatic rings. The van der Waals surface area contributed by atoms with Gasteiger partial charge in [-0.05, 0) is 30.7 Å². The number of hydrogen-bond acceptors (Lipinski definition) is 3. The highest BCUT2D eigenvalue weighted by atomic mass is 79.9. The third-order valence-corrected chi connectivity index (χ3v) is 5.15. The standard InChI is InChI=1S/C17H18BrNO2S/c1-12(22-11-13-7-3-4-8-14(13)18)17(20)19-15-9-5-6-10-16(15)21-2/h3-10,12H,11H2,1-2H3,(H,19,20). The minimum absolute atomic E-state index is 0.0263. The fraction of sp³-hybridized carbons (Fsp3) is 0.235. The van der Waals surface area contributed by atoms with Crippen LogP contribution in [-0.4, -0.2) is 18.3 Å². The minimum Gasteiger partial charge on any atom is -0.495 e. The molecule has 0 aliphatic carbocycles. The molecule has 1 unspecified atom stereocenters. The molecule has 0 aromatic heterocycles. The zero-order valence-corrected chi connectivity index (χ0v) is 14.9. The van der Waals surface area contributed by atoms with Crippen molar-refractivity contribution in [2.24, 2.45) is 0 Å². The number of methoxy groups -OCH3 is 1. The summed E-state index contributed by atoms with van der Waals surface area (Å²) in [6, 6.07) is 15.5. The molecule has 0 bridgehead atoms. The number of ether oxygens (including phenoxy) is 1. The zero-order chi connectivity index (χ0) is 15.9. The predicted octanol–water partition coefficient (Wildman–Crippen LogP) is 4.72. The van der Waals surface area contributed by atoms with Crippen molar-refractivity contribution < 1.29 is 9.53 Å². The van der Waals surface area contributed by atoms with Crippen LogP contribution >= 0.6 is 27.7 Å². The zero-order valence-electron chi connectivity index (χ0n) is 12.5. The number of carbonyl (C=O) groups excluding carboxylic acids is 1. The van der Waals surface area contributed by atoms with Crippen LogP contribution in [0.2, 0.25) is 0 Å². The van der Waals surface area contributed by atoms with E-state index < -0.39 is 0 Å². The number of thioether (sulfide) groups is 1. The molecule has 0 fully saturated rings. The van der Waals surface area contributed by atoms with Gasteiger partial charge in [-0.3, -0.25) is 4.79 Å². The molecule has 0 radical (unpaired) electrons. The van der Waals surface area contributed by atoms with Gasteiger partial charge >= 0.3 is 0 Å². The lowest BCUT2D eigenvalue weighted by molar-refractivity contribution is -0.115. The lowest BCUT2D eigenvalue weighted by Gasteiger charge is -2.14. The normalized spacial score (nSPS) is 11.8. The van der Waals surface area contributed by atoms with E-state index in [0.717, 1.165) is 10.2 Å². The van der Waals surface area contributed by atoms with Gasteiger partial charge in [0.1, 0.15) is 5.75 Å². The van der Waals surface area contributed by atoms with Gasteiger partial charge in [-0.1, -0.05) is 46.3 Å². The Labute approximate surface area is 143 Å². The summed E-state index contributed by atoms with van der Waals surface area (Å²) >= 11 is 5.13. The van der Waals surface area contributed by atoms with Crippen molar-refractivity contribution in [1.82, 2.24) is 0 Å². The summed E-state index contributed by atoms with van der Waals surface area (Å²) in [5.41, 5.74) is 1.88. The molecule has 1 amide bonds. The molecular formula is C17H18BrNO2S. The number of nitrogens with one attached hydrogen (secondary N) is 1. The molecule has 3 nitrogen and oxygen atoms in total. The van der Waals surface area contributed by atoms with E-state index in [1.165, 1.54) is 5.56 Å². The molecule has 0 aliphatic heterocycles. The Morgan fingerprint density at radius 3 is 2.64 bits per heavy atom. The summed E-state index contributed by atoms with van der Waals surface area (Å²) in [5, 5.41) is 2.76. The van der Waals surface area contributed by atoms with E-state index in [1.54, 1.807) is 18.9 Å². The van der Waals surface area contributed by atoms with Gasteiger partial charge < -0.3 is 10.1 Å². The summed E-state index contributed by atoms with van der Waals surface area (Å²) in [6.45, 7) is 1.91. The van der Waals surface area contributed by atoms with Gasteiger partial charge in [0.15, 0.2) is 0 Å². The van der Waals surface area contributed by atoms with E-state index in [-0.39, 0.29) is 11.2 Å². The number of para-hydroxylation sites is 2. The van der Waals surface area contributed by atoms with Gasteiger partial charge in [-0.2, -0.15) is 0 Å². The molecule has 22 heavy (non-hydrogen) atoms. The molecule has 2 aromatic rings. The highest BCUT2D eigenvalue weighted by Gasteiger charge is 2.15. The maximum Gasteiger partial charge on any atom is 0.237 e. The van der Waals surface area contributed by atoms with Crippen LogP contribution in [0.1, 0.15) is 12.5 Å². The molecule has 2 rings (SSSR count). The van der Waals surface area contributed by atoms with E-state index in [4.69, 9.17) is 4.74 Å². The Balaban J connectivity index is 1.94. The van der Waals surface area contributed by atoms with Crippen molar-refractivity contribution in [3.05, 3.63) is 58.6 Å². The molecule has 5 heteroatoms. The average molecular weight is 380 g/mol. The second-order valence-electron chi connectivity index (χ2n) is 4.73. The maximum atomic E-state index is 12.3. The molecular weight excluding hydrogens is 362 g/mol. The molecule has 0 saturated heterocycles. The Bertz CT molecular complexity index is 648. The molecule has 116 valence electrons. The van der Waals surface area contributed by atoms with Gasteiger partial charge in [0.2, 0.25) is 5.91 Å². The number of rotatable bonds is 6. The van der Waals surface area contributed by atoms with Gasteiger partial charge in [0, 0.05) is 10.2 Å². The van der Waals surface area contributed by atoms with E-state index in [2.05, 4.69) is 27.3 Å². The second kappa shape index (κ2) is 8.25. The Morgan fingerprint density at radius 2 is 1.91 bits per heavy atom. The van der Waals surface area contributed by atoms with Crippen LogP contribution in [0.25, 0.3) is 0 Å². The molecule has 0 heterocycles. The van der Waals surface area contributed by atoms with Crippen LogP contribution in [0.4, 0.5) is 5.69 Å². The maximum absolute atomic E-state index is 12.3. The monoisotopic (exact) mass is 379 g/mol. The number of halogens is 1. The Hall–Kier alpha value is -1.46. The topological polar surface area (TPSA) is 38.3 Å². The summed E-state index contributed by atoms with van der Waals surface area (Å²) in [5.74, 6) is 1.42. The van der Waals surface area contributed by atoms with Crippen molar-refractivity contribution in [3.8, 4) is 5.75 Å². The van der Waals surface area contributed by atoms with E-state index in [1.807, 2.05) is 49.4 Å². The summed E-state index contributed by atoms with van der Waals surface area (Å²) in [7, 11) is 1.59. The molecule has 0 spiro atoms. The summed E-state index contributed by atoms with van der Waals surface area (Å²) < 4.78 is 6.31. The predicted molar refractivity (Wildman–Crippen MR) is 96.5 cm³/mol. The lowest BCUT2D eigenvalue weighted by Crippen LogP contribution is -2.22. The summed E-state index contributed by atoms with van der Waals surface area (Å²) in [4.78, 5) is 12.3. The van der Waals surface area contributed by atoms with Crippen LogP contribution in [0.5, 0.6) is 5.75 Å². The minimum atomic E-state index is -0.156.